The summed E-state index contributed by atoms with van der Waals surface area (Å²) in [6, 6.07) is 4.45. The number of hydrogen-bond donors (Lipinski definition) is 2. The van der Waals surface area contributed by atoms with Crippen molar-refractivity contribution in [3.8, 4) is 5.75 Å². The molecule has 7 heteroatoms. The van der Waals surface area contributed by atoms with Gasteiger partial charge >= 0.3 is 0 Å². The highest BCUT2D eigenvalue weighted by Gasteiger charge is 2.33. The van der Waals surface area contributed by atoms with Crippen LogP contribution in [0.25, 0.3) is 0 Å². The molecule has 1 saturated heterocycles. The third-order valence-electron chi connectivity index (χ3n) is 3.86. The van der Waals surface area contributed by atoms with Crippen LogP contribution in [0.1, 0.15) is 23.7 Å². The van der Waals surface area contributed by atoms with Crippen molar-refractivity contribution in [3.05, 3.63) is 23.8 Å². The van der Waals surface area contributed by atoms with E-state index < -0.39 is 6.04 Å². The number of benzene rings is 1. The first-order valence-electron chi connectivity index (χ1n) is 7.25. The third-order valence-corrected chi connectivity index (χ3v) is 3.86. The van der Waals surface area contributed by atoms with E-state index in [1.807, 2.05) is 6.92 Å². The van der Waals surface area contributed by atoms with Crippen LogP contribution in [-0.2, 0) is 9.59 Å². The van der Waals surface area contributed by atoms with Crippen LogP contribution < -0.4 is 15.4 Å². The van der Waals surface area contributed by atoms with E-state index in [0.717, 1.165) is 0 Å². The smallest absolute Gasteiger partial charge is 0.262 e. The average molecular weight is 303 g/mol. The van der Waals surface area contributed by atoms with Gasteiger partial charge in [0.1, 0.15) is 11.8 Å². The molecule has 2 heterocycles. The predicted octanol–water partition coefficient (Wildman–Crippen LogP) is 0.368. The Morgan fingerprint density at radius 2 is 2.23 bits per heavy atom. The van der Waals surface area contributed by atoms with E-state index in [9.17, 15) is 14.4 Å². The minimum Gasteiger partial charge on any atom is -0.482 e. The van der Waals surface area contributed by atoms with Crippen LogP contribution in [0.5, 0.6) is 5.75 Å². The molecule has 2 N–H and O–H groups in total. The third kappa shape index (κ3) is 2.49. The summed E-state index contributed by atoms with van der Waals surface area (Å²) in [5, 5.41) is 5.42. The second-order valence-corrected chi connectivity index (χ2v) is 5.23. The van der Waals surface area contributed by atoms with E-state index >= 15 is 0 Å². The molecule has 1 aromatic rings. The average Bonchev–Trinajstić information content (AvgIpc) is 2.93. The van der Waals surface area contributed by atoms with Crippen LogP contribution in [0.4, 0.5) is 5.69 Å². The van der Waals surface area contributed by atoms with Crippen molar-refractivity contribution in [1.29, 1.82) is 0 Å². The Hall–Kier alpha value is -2.57. The van der Waals surface area contributed by atoms with E-state index in [-0.39, 0.29) is 24.3 Å². The topological polar surface area (TPSA) is 87.7 Å². The molecule has 3 rings (SSSR count). The molecule has 2 aliphatic heterocycles. The normalized spacial score (nSPS) is 19.8. The number of carbonyl (C=O) groups is 3. The predicted molar refractivity (Wildman–Crippen MR) is 78.7 cm³/mol. The number of nitrogens with zero attached hydrogens (tertiary/aromatic N) is 1. The Morgan fingerprint density at radius 3 is 2.91 bits per heavy atom. The highest BCUT2D eigenvalue weighted by molar-refractivity contribution is 6.00. The number of rotatable bonds is 3. The number of fused-ring (bicyclic) bond motifs is 1. The van der Waals surface area contributed by atoms with E-state index in [1.54, 1.807) is 23.1 Å². The highest BCUT2D eigenvalue weighted by Crippen LogP contribution is 2.29. The molecule has 0 aliphatic carbocycles. The minimum atomic E-state index is -0.422. The Bertz CT molecular complexity index is 644. The van der Waals surface area contributed by atoms with Crippen molar-refractivity contribution >= 4 is 23.4 Å². The lowest BCUT2D eigenvalue weighted by atomic mass is 10.1. The molecule has 2 aliphatic rings. The number of carbonyl (C=O) groups excluding carboxylic acids is 3. The van der Waals surface area contributed by atoms with Crippen molar-refractivity contribution in [2.24, 2.45) is 0 Å². The Morgan fingerprint density at radius 1 is 1.41 bits per heavy atom. The monoisotopic (exact) mass is 303 g/mol. The van der Waals surface area contributed by atoms with Gasteiger partial charge in [0.15, 0.2) is 6.61 Å². The fourth-order valence-corrected chi connectivity index (χ4v) is 2.76. The Kier molecular flexibility index (Phi) is 3.70. The van der Waals surface area contributed by atoms with Crippen LogP contribution in [0.3, 0.4) is 0 Å². The van der Waals surface area contributed by atoms with E-state index in [4.69, 9.17) is 4.74 Å². The van der Waals surface area contributed by atoms with Crippen molar-refractivity contribution in [2.75, 3.05) is 25.0 Å². The van der Waals surface area contributed by atoms with E-state index in [1.165, 1.54) is 0 Å². The van der Waals surface area contributed by atoms with Gasteiger partial charge in [-0.05, 0) is 31.5 Å². The van der Waals surface area contributed by atoms with Crippen molar-refractivity contribution < 1.29 is 19.1 Å². The van der Waals surface area contributed by atoms with Crippen LogP contribution in [-0.4, -0.2) is 48.4 Å². The quantitative estimate of drug-likeness (QED) is 0.844. The number of ether oxygens (including phenoxy) is 1. The molecule has 22 heavy (non-hydrogen) atoms. The summed E-state index contributed by atoms with van der Waals surface area (Å²) in [5.41, 5.74) is 0.992. The minimum absolute atomic E-state index is 0.0623. The van der Waals surface area contributed by atoms with Gasteiger partial charge < -0.3 is 20.3 Å². The van der Waals surface area contributed by atoms with Gasteiger partial charge in [-0.25, -0.2) is 0 Å². The second-order valence-electron chi connectivity index (χ2n) is 5.23. The molecule has 0 radical (unpaired) electrons. The van der Waals surface area contributed by atoms with Gasteiger partial charge in [0, 0.05) is 18.7 Å². The van der Waals surface area contributed by atoms with E-state index in [0.29, 0.717) is 36.5 Å². The van der Waals surface area contributed by atoms with Gasteiger partial charge in [0.25, 0.3) is 11.8 Å². The first kappa shape index (κ1) is 14.4. The molecular formula is C15H17N3O4. The van der Waals surface area contributed by atoms with Crippen LogP contribution >= 0.6 is 0 Å². The molecule has 1 atom stereocenters. The summed E-state index contributed by atoms with van der Waals surface area (Å²) in [5.74, 6) is -0.0775. The number of hydrogen-bond acceptors (Lipinski definition) is 4. The van der Waals surface area contributed by atoms with Crippen molar-refractivity contribution in [1.82, 2.24) is 10.2 Å². The number of amides is 3. The lowest BCUT2D eigenvalue weighted by Gasteiger charge is -2.26. The maximum atomic E-state index is 12.7. The SMILES string of the molecule is CCN(C(=O)c1ccc2c(c1)OCC(=O)N2)C1CCNC1=O. The van der Waals surface area contributed by atoms with Crippen LogP contribution in [0.2, 0.25) is 0 Å². The molecule has 0 spiro atoms. The molecular weight excluding hydrogens is 286 g/mol. The van der Waals surface area contributed by atoms with Crippen LogP contribution in [0, 0.1) is 0 Å². The largest absolute Gasteiger partial charge is 0.482 e. The lowest BCUT2D eigenvalue weighted by Crippen LogP contribution is -2.44. The fourth-order valence-electron chi connectivity index (χ4n) is 2.76. The number of nitrogens with one attached hydrogen (secondary N) is 2. The van der Waals surface area contributed by atoms with Gasteiger partial charge in [0.05, 0.1) is 5.69 Å². The summed E-state index contributed by atoms with van der Waals surface area (Å²) < 4.78 is 5.32. The zero-order chi connectivity index (χ0) is 15.7. The zero-order valence-corrected chi connectivity index (χ0v) is 12.2. The van der Waals surface area contributed by atoms with Crippen molar-refractivity contribution in [2.45, 2.75) is 19.4 Å². The summed E-state index contributed by atoms with van der Waals surface area (Å²) in [4.78, 5) is 37.3. The maximum Gasteiger partial charge on any atom is 0.262 e. The number of anilines is 1. The molecule has 0 aromatic heterocycles. The maximum absolute atomic E-state index is 12.7. The van der Waals surface area contributed by atoms with Gasteiger partial charge in [-0.3, -0.25) is 14.4 Å². The molecule has 0 bridgehead atoms. The van der Waals surface area contributed by atoms with Gasteiger partial charge in [0.2, 0.25) is 5.91 Å². The molecule has 1 fully saturated rings. The lowest BCUT2D eigenvalue weighted by molar-refractivity contribution is -0.123. The first-order valence-corrected chi connectivity index (χ1v) is 7.25. The summed E-state index contributed by atoms with van der Waals surface area (Å²) in [6.07, 6.45) is 0.621. The molecule has 116 valence electrons. The summed E-state index contributed by atoms with van der Waals surface area (Å²) in [7, 11) is 0. The summed E-state index contributed by atoms with van der Waals surface area (Å²) in [6.45, 7) is 2.82. The van der Waals surface area contributed by atoms with Gasteiger partial charge in [-0.15, -0.1) is 0 Å². The van der Waals surface area contributed by atoms with E-state index in [2.05, 4.69) is 10.6 Å². The molecule has 1 aromatic carbocycles. The number of likely N-dealkylation sites (N-methyl/N-ethyl adjacent to an activating group) is 1. The zero-order valence-electron chi connectivity index (χ0n) is 12.2. The standard InChI is InChI=1S/C15H17N3O4/c1-2-18(11-5-6-16-14(11)20)15(21)9-3-4-10-12(7-9)22-8-13(19)17-10/h3-4,7,11H,2,5-6,8H2,1H3,(H,16,20)(H,17,19). The molecule has 1 unspecified atom stereocenters. The molecule has 0 saturated carbocycles. The van der Waals surface area contributed by atoms with Gasteiger partial charge in [-0.2, -0.15) is 0 Å². The first-order chi connectivity index (χ1) is 10.6. The highest BCUT2D eigenvalue weighted by atomic mass is 16.5. The summed E-state index contributed by atoms with van der Waals surface area (Å²) >= 11 is 0. The van der Waals surface area contributed by atoms with Crippen LogP contribution in [0.15, 0.2) is 18.2 Å². The van der Waals surface area contributed by atoms with Gasteiger partial charge in [-0.1, -0.05) is 0 Å². The fraction of sp³-hybridized carbons (Fsp3) is 0.400. The molecule has 7 nitrogen and oxygen atoms in total. The Labute approximate surface area is 127 Å². The molecule has 3 amide bonds. The second kappa shape index (κ2) is 5.67. The van der Waals surface area contributed by atoms with Crippen molar-refractivity contribution in [3.63, 3.8) is 0 Å². The Balaban J connectivity index is 1.85.